The third kappa shape index (κ3) is 7.52. The molecule has 0 spiro atoms. The summed E-state index contributed by atoms with van der Waals surface area (Å²) < 4.78 is 38.3. The van der Waals surface area contributed by atoms with E-state index < -0.39 is 11.7 Å². The number of nitrogens with one attached hydrogen (secondary N) is 2. The van der Waals surface area contributed by atoms with E-state index in [-0.39, 0.29) is 18.6 Å². The van der Waals surface area contributed by atoms with Crippen LogP contribution >= 0.6 is 0 Å². The number of aliphatic hydroxyl groups excluding tert-OH is 1. The van der Waals surface area contributed by atoms with Gasteiger partial charge in [0.1, 0.15) is 0 Å². The molecule has 6 nitrogen and oxygen atoms in total. The molecule has 1 saturated carbocycles. The molecule has 0 saturated heterocycles. The van der Waals surface area contributed by atoms with E-state index in [4.69, 9.17) is 4.84 Å². The molecule has 2 aliphatic rings. The van der Waals surface area contributed by atoms with Crippen LogP contribution in [0, 0.1) is 0 Å². The maximum absolute atomic E-state index is 12.8. The van der Waals surface area contributed by atoms with Crippen molar-refractivity contribution in [2.75, 3.05) is 19.6 Å². The Hall–Kier alpha value is -2.10. The molecular formula is C22H30F3N3O3. The molecule has 1 amide bonds. The minimum atomic E-state index is -4.38. The van der Waals surface area contributed by atoms with Gasteiger partial charge in [-0.05, 0) is 49.5 Å². The van der Waals surface area contributed by atoms with Crippen molar-refractivity contribution < 1.29 is 27.9 Å². The number of carbonyl (C=O) groups excluding carboxylic acids is 1. The first-order chi connectivity index (χ1) is 14.8. The Balaban J connectivity index is 1.34. The summed E-state index contributed by atoms with van der Waals surface area (Å²) in [5.41, 5.74) is 3.33. The van der Waals surface area contributed by atoms with Crippen molar-refractivity contribution in [1.82, 2.24) is 15.7 Å². The summed E-state index contributed by atoms with van der Waals surface area (Å²) in [4.78, 5) is 19.5. The SMILES string of the molecule is O=C(CCNC1CCC(O)CC1)N1CC=C(NOCc2cccc(C(F)(F)F)c2)CC1. The van der Waals surface area contributed by atoms with Crippen LogP contribution in [0.3, 0.4) is 0 Å². The van der Waals surface area contributed by atoms with Gasteiger partial charge in [0.2, 0.25) is 5.91 Å². The third-order valence-electron chi connectivity index (χ3n) is 5.73. The molecule has 0 radical (unpaired) electrons. The average molecular weight is 441 g/mol. The number of hydrogen-bond donors (Lipinski definition) is 3. The summed E-state index contributed by atoms with van der Waals surface area (Å²) in [5.74, 6) is 0.0866. The number of rotatable bonds is 8. The highest BCUT2D eigenvalue weighted by Crippen LogP contribution is 2.29. The summed E-state index contributed by atoms with van der Waals surface area (Å²) in [5, 5.41) is 12.9. The summed E-state index contributed by atoms with van der Waals surface area (Å²) in [6.07, 6.45) is 1.85. The lowest BCUT2D eigenvalue weighted by Gasteiger charge is -2.28. The fraction of sp³-hybridized carbons (Fsp3) is 0.591. The predicted molar refractivity (Wildman–Crippen MR) is 110 cm³/mol. The number of nitrogens with zero attached hydrogens (tertiary/aromatic N) is 1. The Kier molecular flexibility index (Phi) is 8.34. The lowest BCUT2D eigenvalue weighted by atomic mass is 9.93. The van der Waals surface area contributed by atoms with Crippen LogP contribution in [0.4, 0.5) is 13.2 Å². The van der Waals surface area contributed by atoms with Crippen LogP contribution in [0.5, 0.6) is 0 Å². The summed E-state index contributed by atoms with van der Waals surface area (Å²) in [6, 6.07) is 5.41. The Morgan fingerprint density at radius 2 is 2.00 bits per heavy atom. The molecule has 1 heterocycles. The van der Waals surface area contributed by atoms with Gasteiger partial charge in [-0.3, -0.25) is 15.1 Å². The van der Waals surface area contributed by atoms with Gasteiger partial charge in [0, 0.05) is 44.2 Å². The predicted octanol–water partition coefficient (Wildman–Crippen LogP) is 3.13. The summed E-state index contributed by atoms with van der Waals surface area (Å²) in [7, 11) is 0. The Labute approximate surface area is 180 Å². The van der Waals surface area contributed by atoms with Gasteiger partial charge < -0.3 is 15.3 Å². The molecule has 9 heteroatoms. The first-order valence-corrected chi connectivity index (χ1v) is 10.7. The topological polar surface area (TPSA) is 73.8 Å². The Morgan fingerprint density at radius 3 is 2.68 bits per heavy atom. The standard InChI is InChI=1S/C22H30F3N3O3/c23-22(24,25)17-3-1-2-16(14-17)15-31-27-19-9-12-28(13-10-19)21(30)8-11-26-18-4-6-20(29)7-5-18/h1-3,9,14,18,20,26-27,29H,4-8,10-13,15H2. The number of hydroxylamine groups is 1. The number of hydrogen-bond acceptors (Lipinski definition) is 5. The van der Waals surface area contributed by atoms with Crippen LogP contribution in [-0.4, -0.2) is 47.7 Å². The molecule has 1 aromatic rings. The zero-order valence-electron chi connectivity index (χ0n) is 17.5. The molecule has 0 bridgehead atoms. The van der Waals surface area contributed by atoms with Gasteiger partial charge in [-0.25, -0.2) is 0 Å². The van der Waals surface area contributed by atoms with E-state index >= 15 is 0 Å². The number of alkyl halides is 3. The molecule has 1 aliphatic heterocycles. The third-order valence-corrected chi connectivity index (χ3v) is 5.73. The van der Waals surface area contributed by atoms with E-state index in [1.807, 2.05) is 6.08 Å². The lowest BCUT2D eigenvalue weighted by molar-refractivity contribution is -0.137. The number of aliphatic hydroxyl groups is 1. The lowest BCUT2D eigenvalue weighted by Crippen LogP contribution is -2.40. The van der Waals surface area contributed by atoms with E-state index in [0.717, 1.165) is 43.5 Å². The summed E-state index contributed by atoms with van der Waals surface area (Å²) >= 11 is 0. The molecule has 1 aliphatic carbocycles. The van der Waals surface area contributed by atoms with E-state index in [0.29, 0.717) is 44.1 Å². The van der Waals surface area contributed by atoms with Crippen LogP contribution in [0.2, 0.25) is 0 Å². The smallest absolute Gasteiger partial charge is 0.393 e. The minimum absolute atomic E-state index is 0.00771. The van der Waals surface area contributed by atoms with E-state index in [1.54, 1.807) is 11.0 Å². The molecule has 172 valence electrons. The minimum Gasteiger partial charge on any atom is -0.393 e. The highest BCUT2D eigenvalue weighted by Gasteiger charge is 2.30. The maximum Gasteiger partial charge on any atom is 0.416 e. The van der Waals surface area contributed by atoms with Gasteiger partial charge in [0.05, 0.1) is 18.3 Å². The fourth-order valence-corrected chi connectivity index (χ4v) is 3.86. The van der Waals surface area contributed by atoms with Crippen LogP contribution in [0.25, 0.3) is 0 Å². The molecular weight excluding hydrogens is 411 g/mol. The Bertz CT molecular complexity index is 762. The van der Waals surface area contributed by atoms with Gasteiger partial charge in [0.25, 0.3) is 0 Å². The van der Waals surface area contributed by atoms with Gasteiger partial charge in [0.15, 0.2) is 0 Å². The van der Waals surface area contributed by atoms with Crippen LogP contribution in [0.15, 0.2) is 36.0 Å². The van der Waals surface area contributed by atoms with Crippen molar-refractivity contribution in [2.45, 2.75) is 63.5 Å². The number of halogens is 3. The zero-order chi connectivity index (χ0) is 22.3. The van der Waals surface area contributed by atoms with Crippen LogP contribution < -0.4 is 10.8 Å². The van der Waals surface area contributed by atoms with E-state index in [9.17, 15) is 23.1 Å². The monoisotopic (exact) mass is 441 g/mol. The van der Waals surface area contributed by atoms with Gasteiger partial charge in [-0.15, -0.1) is 0 Å². The first kappa shape index (κ1) is 23.6. The van der Waals surface area contributed by atoms with Crippen molar-refractivity contribution in [3.05, 3.63) is 47.2 Å². The molecule has 3 rings (SSSR count). The molecule has 3 N–H and O–H groups in total. The second kappa shape index (κ2) is 11.0. The molecule has 0 aromatic heterocycles. The van der Waals surface area contributed by atoms with Crippen LogP contribution in [-0.2, 0) is 22.4 Å². The second-order valence-electron chi connectivity index (χ2n) is 8.12. The van der Waals surface area contributed by atoms with Crippen molar-refractivity contribution in [2.24, 2.45) is 0 Å². The summed E-state index contributed by atoms with van der Waals surface area (Å²) in [6.45, 7) is 1.68. The van der Waals surface area contributed by atoms with Crippen LogP contribution in [0.1, 0.15) is 49.7 Å². The van der Waals surface area contributed by atoms with Crippen molar-refractivity contribution in [1.29, 1.82) is 0 Å². The quantitative estimate of drug-likeness (QED) is 0.541. The van der Waals surface area contributed by atoms with Crippen molar-refractivity contribution in [3.8, 4) is 0 Å². The fourth-order valence-electron chi connectivity index (χ4n) is 3.86. The Morgan fingerprint density at radius 1 is 1.23 bits per heavy atom. The van der Waals surface area contributed by atoms with E-state index in [1.165, 1.54) is 6.07 Å². The average Bonchev–Trinajstić information content (AvgIpc) is 2.75. The second-order valence-corrected chi connectivity index (χ2v) is 8.12. The number of benzene rings is 1. The van der Waals surface area contributed by atoms with E-state index in [2.05, 4.69) is 10.8 Å². The van der Waals surface area contributed by atoms with Crippen molar-refractivity contribution in [3.63, 3.8) is 0 Å². The van der Waals surface area contributed by atoms with Crippen molar-refractivity contribution >= 4 is 5.91 Å². The zero-order valence-corrected chi connectivity index (χ0v) is 17.5. The molecule has 1 aromatic carbocycles. The highest BCUT2D eigenvalue weighted by molar-refractivity contribution is 5.76. The largest absolute Gasteiger partial charge is 0.416 e. The van der Waals surface area contributed by atoms with Gasteiger partial charge in [-0.1, -0.05) is 12.1 Å². The normalized spacial score (nSPS) is 22.2. The maximum atomic E-state index is 12.8. The van der Waals surface area contributed by atoms with Gasteiger partial charge in [-0.2, -0.15) is 13.2 Å². The number of carbonyl (C=O) groups is 1. The molecule has 1 fully saturated rings. The first-order valence-electron chi connectivity index (χ1n) is 10.7. The molecule has 0 atom stereocenters. The molecule has 31 heavy (non-hydrogen) atoms. The number of amides is 1. The van der Waals surface area contributed by atoms with Gasteiger partial charge >= 0.3 is 6.18 Å². The molecule has 0 unspecified atom stereocenters. The highest BCUT2D eigenvalue weighted by atomic mass is 19.4.